The van der Waals surface area contributed by atoms with Crippen molar-refractivity contribution in [3.63, 3.8) is 0 Å². The predicted molar refractivity (Wildman–Crippen MR) is 165 cm³/mol. The largest absolute Gasteiger partial charge is 0.392 e. The highest BCUT2D eigenvalue weighted by atomic mass is 32.2. The highest BCUT2D eigenvalue weighted by Crippen LogP contribution is 2.40. The normalized spacial score (nSPS) is 17.8. The third-order valence-corrected chi connectivity index (χ3v) is 8.81. The van der Waals surface area contributed by atoms with E-state index < -0.39 is 46.8 Å². The Morgan fingerprint density at radius 1 is 0.875 bits per heavy atom. The monoisotopic (exact) mass is 682 g/mol. The maximum Gasteiger partial charge on any atom is 0.257 e. The minimum atomic E-state index is -2.34. The van der Waals surface area contributed by atoms with Crippen LogP contribution in [0.5, 0.6) is 0 Å². The molecule has 1 fully saturated rings. The molecule has 3 atom stereocenters. The first-order valence-electron chi connectivity index (χ1n) is 14.7. The highest BCUT2D eigenvalue weighted by molar-refractivity contribution is 7.99. The van der Waals surface area contributed by atoms with Crippen molar-refractivity contribution in [2.45, 2.75) is 43.2 Å². The summed E-state index contributed by atoms with van der Waals surface area (Å²) in [7, 11) is 0. The smallest absolute Gasteiger partial charge is 0.257 e. The van der Waals surface area contributed by atoms with Crippen LogP contribution >= 0.6 is 11.8 Å². The number of halogens is 5. The Labute approximate surface area is 275 Å². The topological polar surface area (TPSA) is 109 Å². The lowest BCUT2D eigenvalue weighted by atomic mass is 9.97. The van der Waals surface area contributed by atoms with Crippen LogP contribution in [0.25, 0.3) is 11.1 Å². The zero-order chi connectivity index (χ0) is 33.8. The molecular formula is C34H27F5N4O4S. The Morgan fingerprint density at radius 3 is 2.21 bits per heavy atom. The van der Waals surface area contributed by atoms with Crippen molar-refractivity contribution < 1.29 is 41.3 Å². The summed E-state index contributed by atoms with van der Waals surface area (Å²) in [6, 6.07) is 21.7. The number of rotatable bonds is 10. The van der Waals surface area contributed by atoms with E-state index in [1.807, 2.05) is 48.5 Å². The van der Waals surface area contributed by atoms with Gasteiger partial charge in [-0.15, -0.1) is 0 Å². The van der Waals surface area contributed by atoms with Crippen molar-refractivity contribution in [2.75, 3.05) is 5.75 Å². The zero-order valence-corrected chi connectivity index (χ0v) is 25.7. The van der Waals surface area contributed by atoms with Gasteiger partial charge < -0.3 is 19.9 Å². The average Bonchev–Trinajstić information content (AvgIpc) is 3.65. The average molecular weight is 683 g/mol. The van der Waals surface area contributed by atoms with Gasteiger partial charge in [0.25, 0.3) is 5.91 Å². The van der Waals surface area contributed by atoms with Crippen molar-refractivity contribution >= 4 is 17.7 Å². The van der Waals surface area contributed by atoms with Crippen LogP contribution in [0.2, 0.25) is 0 Å². The van der Waals surface area contributed by atoms with Crippen LogP contribution in [0.1, 0.15) is 51.4 Å². The van der Waals surface area contributed by atoms with E-state index >= 15 is 0 Å². The first-order chi connectivity index (χ1) is 23.2. The maximum absolute atomic E-state index is 14.2. The first-order valence-corrected chi connectivity index (χ1v) is 15.7. The Balaban J connectivity index is 1.19. The number of carbonyl (C=O) groups is 1. The Hall–Kier alpha value is -4.63. The molecular weight excluding hydrogens is 655 g/mol. The highest BCUT2D eigenvalue weighted by Gasteiger charge is 2.33. The number of nitrogens with zero attached hydrogens (tertiary/aromatic N) is 2. The zero-order valence-electron chi connectivity index (χ0n) is 24.9. The number of ether oxygens (including phenoxy) is 2. The van der Waals surface area contributed by atoms with Crippen LogP contribution in [0.15, 0.2) is 84.3 Å². The molecule has 48 heavy (non-hydrogen) atoms. The number of aliphatic hydroxyl groups excluding tert-OH is 1. The molecule has 1 aromatic heterocycles. The van der Waals surface area contributed by atoms with Crippen LogP contribution in [0.3, 0.4) is 0 Å². The Morgan fingerprint density at radius 2 is 1.54 bits per heavy atom. The van der Waals surface area contributed by atoms with Gasteiger partial charge in [-0.3, -0.25) is 9.89 Å². The maximum atomic E-state index is 14.2. The summed E-state index contributed by atoms with van der Waals surface area (Å²) < 4.78 is 81.9. The first kappa shape index (κ1) is 33.3. The lowest BCUT2D eigenvalue weighted by molar-refractivity contribution is -0.245. The summed E-state index contributed by atoms with van der Waals surface area (Å²) in [4.78, 5) is 16.7. The van der Waals surface area contributed by atoms with Gasteiger partial charge in [0.2, 0.25) is 5.82 Å². The molecule has 5 aromatic rings. The number of hydrogen-bond donors (Lipinski definition) is 3. The van der Waals surface area contributed by atoms with Gasteiger partial charge in [0.05, 0.1) is 18.8 Å². The van der Waals surface area contributed by atoms with Crippen molar-refractivity contribution in [3.8, 4) is 11.1 Å². The van der Waals surface area contributed by atoms with E-state index in [-0.39, 0.29) is 25.4 Å². The molecule has 14 heteroatoms. The van der Waals surface area contributed by atoms with E-state index in [1.165, 1.54) is 18.1 Å². The van der Waals surface area contributed by atoms with Gasteiger partial charge in [0, 0.05) is 24.3 Å². The summed E-state index contributed by atoms with van der Waals surface area (Å²) in [5.74, 6) is -12.0. The fourth-order valence-electron chi connectivity index (χ4n) is 5.30. The summed E-state index contributed by atoms with van der Waals surface area (Å²) in [5.41, 5.74) is 2.83. The molecule has 3 N–H and O–H groups in total. The fraction of sp³-hybridized carbons (Fsp3) is 0.206. The number of thioether (sulfide) groups is 1. The van der Waals surface area contributed by atoms with Gasteiger partial charge in [0.1, 0.15) is 11.9 Å². The molecule has 1 saturated heterocycles. The molecule has 0 aliphatic carbocycles. The number of aliphatic hydroxyl groups is 1. The molecule has 0 spiro atoms. The van der Waals surface area contributed by atoms with Gasteiger partial charge in [-0.1, -0.05) is 84.6 Å². The van der Waals surface area contributed by atoms with Crippen molar-refractivity contribution in [2.24, 2.45) is 0 Å². The van der Waals surface area contributed by atoms with E-state index in [2.05, 4.69) is 20.5 Å². The summed E-state index contributed by atoms with van der Waals surface area (Å²) in [5, 5.41) is 19.1. The summed E-state index contributed by atoms with van der Waals surface area (Å²) in [6.45, 7) is -0.326. The summed E-state index contributed by atoms with van der Waals surface area (Å²) >= 11 is 1.48. The second kappa shape index (κ2) is 14.6. The molecule has 1 aliphatic heterocycles. The molecule has 0 saturated carbocycles. The molecule has 2 heterocycles. The van der Waals surface area contributed by atoms with Crippen molar-refractivity contribution in [1.82, 2.24) is 20.5 Å². The number of aromatic amines is 1. The third kappa shape index (κ3) is 7.11. The SMILES string of the molecule is O=C(NCc1ccccc1-c1ccc(C2OC(CSc3ncn[nH]3)CC(c3ccc(CO)cc3)O2)cc1)c1c(F)c(F)c(F)c(F)c1F. The van der Waals surface area contributed by atoms with Gasteiger partial charge in [0.15, 0.2) is 34.7 Å². The van der Waals surface area contributed by atoms with Gasteiger partial charge in [-0.05, 0) is 27.8 Å². The second-order valence-electron chi connectivity index (χ2n) is 10.9. The standard InChI is InChI=1S/C34H27F5N4O4S/c35-27-26(28(36)30(38)31(39)29(27)37)32(45)40-14-22-3-1-2-4-24(22)19-9-11-21(12-10-19)33-46-23(16-48-34-41-17-42-43-34)13-25(47-33)20-7-5-18(15-44)6-8-20/h1-12,17,23,25,33,44H,13-16H2,(H,40,45)(H,41,42,43). The van der Waals surface area contributed by atoms with E-state index in [0.717, 1.165) is 22.3 Å². The quantitative estimate of drug-likeness (QED) is 0.0635. The molecule has 248 valence electrons. The van der Waals surface area contributed by atoms with E-state index in [1.54, 1.807) is 24.3 Å². The van der Waals surface area contributed by atoms with Crippen molar-refractivity contribution in [1.29, 1.82) is 0 Å². The number of hydrogen-bond acceptors (Lipinski definition) is 7. The Bertz CT molecular complexity index is 1870. The molecule has 1 aliphatic rings. The number of H-pyrrole nitrogens is 1. The molecule has 0 radical (unpaired) electrons. The lowest BCUT2D eigenvalue weighted by Crippen LogP contribution is -2.31. The number of amides is 1. The van der Waals surface area contributed by atoms with Crippen LogP contribution < -0.4 is 5.32 Å². The van der Waals surface area contributed by atoms with Crippen molar-refractivity contribution in [3.05, 3.63) is 136 Å². The van der Waals surface area contributed by atoms with E-state index in [0.29, 0.717) is 28.5 Å². The predicted octanol–water partition coefficient (Wildman–Crippen LogP) is 6.93. The molecule has 3 unspecified atom stereocenters. The third-order valence-electron chi connectivity index (χ3n) is 7.80. The van der Waals surface area contributed by atoms with Gasteiger partial charge in [-0.25, -0.2) is 26.9 Å². The van der Waals surface area contributed by atoms with Crippen LogP contribution in [0, 0.1) is 29.1 Å². The number of carbonyl (C=O) groups excluding carboxylic acids is 1. The molecule has 0 bridgehead atoms. The second-order valence-corrected chi connectivity index (χ2v) is 11.9. The molecule has 4 aromatic carbocycles. The molecule has 1 amide bonds. The number of benzene rings is 4. The molecule has 8 nitrogen and oxygen atoms in total. The van der Waals surface area contributed by atoms with E-state index in [9.17, 15) is 31.9 Å². The Kier molecular flexibility index (Phi) is 10.2. The minimum absolute atomic E-state index is 0.0683. The van der Waals surface area contributed by atoms with Gasteiger partial charge >= 0.3 is 0 Å². The van der Waals surface area contributed by atoms with Crippen LogP contribution in [-0.4, -0.2) is 38.1 Å². The lowest BCUT2D eigenvalue weighted by Gasteiger charge is -2.36. The van der Waals surface area contributed by atoms with Gasteiger partial charge in [-0.2, -0.15) is 5.10 Å². The van der Waals surface area contributed by atoms with Crippen LogP contribution in [-0.2, 0) is 22.6 Å². The number of aromatic nitrogens is 3. The minimum Gasteiger partial charge on any atom is -0.392 e. The fourth-order valence-corrected chi connectivity index (χ4v) is 6.10. The number of nitrogens with one attached hydrogen (secondary N) is 2. The molecule has 6 rings (SSSR count). The van der Waals surface area contributed by atoms with Crippen LogP contribution in [0.4, 0.5) is 22.0 Å². The summed E-state index contributed by atoms with van der Waals surface area (Å²) in [6.07, 6.45) is 0.800. The van der Waals surface area contributed by atoms with E-state index in [4.69, 9.17) is 9.47 Å².